The summed E-state index contributed by atoms with van der Waals surface area (Å²) in [6.07, 6.45) is 2.04. The zero-order valence-electron chi connectivity index (χ0n) is 11.7. The van der Waals surface area contributed by atoms with Gasteiger partial charge in [-0.05, 0) is 71.3 Å². The molecule has 0 spiro atoms. The third kappa shape index (κ3) is 3.35. The summed E-state index contributed by atoms with van der Waals surface area (Å²) in [5.41, 5.74) is 1.74. The molecule has 2 nitrogen and oxygen atoms in total. The molecule has 1 amide bonds. The van der Waals surface area contributed by atoms with Gasteiger partial charge in [0.05, 0.1) is 5.56 Å². The maximum Gasteiger partial charge on any atom is 0.252 e. The molecule has 0 heterocycles. The predicted octanol–water partition coefficient (Wildman–Crippen LogP) is 4.65. The van der Waals surface area contributed by atoms with E-state index in [1.165, 1.54) is 12.1 Å². The lowest BCUT2D eigenvalue weighted by atomic mass is 9.96. The Morgan fingerprint density at radius 1 is 1.23 bits per heavy atom. The van der Waals surface area contributed by atoms with Gasteiger partial charge in [-0.2, -0.15) is 0 Å². The molecular weight excluding hydrogens is 460 g/mol. The molecule has 0 bridgehead atoms. The second-order valence-electron chi connectivity index (χ2n) is 5.59. The SMILES string of the molecule is O=C(NCC1(c2ccc(F)cc2)CC1)c1cc(Br)ccc1I. The monoisotopic (exact) mass is 473 g/mol. The number of carbonyl (C=O) groups excluding carboxylic acids is 1. The molecule has 1 fully saturated rings. The summed E-state index contributed by atoms with van der Waals surface area (Å²) in [4.78, 5) is 12.4. The molecule has 2 aromatic rings. The van der Waals surface area contributed by atoms with Crippen LogP contribution >= 0.6 is 38.5 Å². The van der Waals surface area contributed by atoms with Crippen LogP contribution in [0.2, 0.25) is 0 Å². The van der Waals surface area contributed by atoms with Crippen LogP contribution in [0.4, 0.5) is 4.39 Å². The van der Waals surface area contributed by atoms with Gasteiger partial charge < -0.3 is 5.32 Å². The van der Waals surface area contributed by atoms with Crippen molar-refractivity contribution < 1.29 is 9.18 Å². The molecular formula is C17H14BrFINO. The van der Waals surface area contributed by atoms with Crippen LogP contribution < -0.4 is 5.32 Å². The van der Waals surface area contributed by atoms with E-state index in [0.29, 0.717) is 12.1 Å². The Hall–Kier alpha value is -0.950. The molecule has 0 aromatic heterocycles. The first kappa shape index (κ1) is 15.9. The van der Waals surface area contributed by atoms with Gasteiger partial charge in [0.2, 0.25) is 0 Å². The van der Waals surface area contributed by atoms with Crippen LogP contribution in [0.25, 0.3) is 0 Å². The van der Waals surface area contributed by atoms with Gasteiger partial charge in [0.25, 0.3) is 5.91 Å². The maximum atomic E-state index is 13.0. The third-order valence-corrected chi connectivity index (χ3v) is 5.50. The summed E-state index contributed by atoms with van der Waals surface area (Å²) >= 11 is 5.55. The van der Waals surface area contributed by atoms with Gasteiger partial charge >= 0.3 is 0 Å². The molecule has 0 atom stereocenters. The first-order valence-corrected chi connectivity index (χ1v) is 8.87. The van der Waals surface area contributed by atoms with Gasteiger partial charge in [-0.1, -0.05) is 28.1 Å². The normalized spacial score (nSPS) is 15.4. The predicted molar refractivity (Wildman–Crippen MR) is 96.5 cm³/mol. The Bertz CT molecular complexity index is 713. The van der Waals surface area contributed by atoms with Crippen molar-refractivity contribution >= 4 is 44.4 Å². The summed E-state index contributed by atoms with van der Waals surface area (Å²) in [6, 6.07) is 12.2. The fourth-order valence-electron chi connectivity index (χ4n) is 2.54. The Morgan fingerprint density at radius 2 is 1.91 bits per heavy atom. The fraction of sp³-hybridized carbons (Fsp3) is 0.235. The molecule has 0 saturated heterocycles. The minimum Gasteiger partial charge on any atom is -0.351 e. The van der Waals surface area contributed by atoms with E-state index in [1.807, 2.05) is 30.3 Å². The van der Waals surface area contributed by atoms with E-state index in [0.717, 1.165) is 26.4 Å². The van der Waals surface area contributed by atoms with E-state index < -0.39 is 0 Å². The van der Waals surface area contributed by atoms with Crippen LogP contribution in [0.5, 0.6) is 0 Å². The van der Waals surface area contributed by atoms with E-state index in [4.69, 9.17) is 0 Å². The van der Waals surface area contributed by atoms with Crippen molar-refractivity contribution in [2.24, 2.45) is 0 Å². The number of rotatable bonds is 4. The topological polar surface area (TPSA) is 29.1 Å². The summed E-state index contributed by atoms with van der Waals surface area (Å²) in [7, 11) is 0. The van der Waals surface area contributed by atoms with E-state index in [9.17, 15) is 9.18 Å². The number of halogens is 3. The number of hydrogen-bond donors (Lipinski definition) is 1. The van der Waals surface area contributed by atoms with Crippen LogP contribution in [0.15, 0.2) is 46.9 Å². The number of carbonyl (C=O) groups is 1. The molecule has 22 heavy (non-hydrogen) atoms. The van der Waals surface area contributed by atoms with Crippen LogP contribution in [-0.4, -0.2) is 12.5 Å². The lowest BCUT2D eigenvalue weighted by molar-refractivity contribution is 0.0948. The summed E-state index contributed by atoms with van der Waals surface area (Å²) in [6.45, 7) is 0.583. The molecule has 1 saturated carbocycles. The molecule has 114 valence electrons. The standard InChI is InChI=1S/C17H14BrFINO/c18-12-3-6-15(20)14(9-12)16(22)21-10-17(7-8-17)11-1-4-13(19)5-2-11/h1-6,9H,7-8,10H2,(H,21,22). The first-order valence-electron chi connectivity index (χ1n) is 6.99. The smallest absolute Gasteiger partial charge is 0.252 e. The lowest BCUT2D eigenvalue weighted by Crippen LogP contribution is -2.32. The zero-order chi connectivity index (χ0) is 15.7. The van der Waals surface area contributed by atoms with Crippen LogP contribution in [-0.2, 0) is 5.41 Å². The molecule has 1 aliphatic carbocycles. The molecule has 0 radical (unpaired) electrons. The van der Waals surface area contributed by atoms with Crippen molar-refractivity contribution in [3.05, 3.63) is 67.5 Å². The van der Waals surface area contributed by atoms with Crippen LogP contribution in [0, 0.1) is 9.39 Å². The van der Waals surface area contributed by atoms with E-state index in [-0.39, 0.29) is 17.1 Å². The van der Waals surface area contributed by atoms with Crippen molar-refractivity contribution in [1.82, 2.24) is 5.32 Å². The zero-order valence-corrected chi connectivity index (χ0v) is 15.4. The van der Waals surface area contributed by atoms with Gasteiger partial charge in [-0.3, -0.25) is 4.79 Å². The number of benzene rings is 2. The fourth-order valence-corrected chi connectivity index (χ4v) is 3.48. The second-order valence-corrected chi connectivity index (χ2v) is 7.67. The highest BCUT2D eigenvalue weighted by molar-refractivity contribution is 14.1. The van der Waals surface area contributed by atoms with Gasteiger partial charge in [0, 0.05) is 20.0 Å². The Balaban J connectivity index is 1.71. The number of hydrogen-bond acceptors (Lipinski definition) is 1. The van der Waals surface area contributed by atoms with Crippen LogP contribution in [0.1, 0.15) is 28.8 Å². The highest BCUT2D eigenvalue weighted by Gasteiger charge is 2.44. The minimum absolute atomic E-state index is 0.0270. The van der Waals surface area contributed by atoms with Gasteiger partial charge in [0.1, 0.15) is 5.82 Å². The van der Waals surface area contributed by atoms with Gasteiger partial charge in [-0.15, -0.1) is 0 Å². The van der Waals surface area contributed by atoms with Crippen LogP contribution in [0.3, 0.4) is 0 Å². The van der Waals surface area contributed by atoms with E-state index >= 15 is 0 Å². The molecule has 1 aliphatic rings. The second kappa shape index (κ2) is 6.28. The van der Waals surface area contributed by atoms with E-state index in [1.54, 1.807) is 0 Å². The average molecular weight is 474 g/mol. The largest absolute Gasteiger partial charge is 0.351 e. The first-order chi connectivity index (χ1) is 10.5. The summed E-state index contributed by atoms with van der Waals surface area (Å²) < 4.78 is 14.8. The molecule has 0 aliphatic heterocycles. The molecule has 5 heteroatoms. The highest BCUT2D eigenvalue weighted by Crippen LogP contribution is 2.47. The van der Waals surface area contributed by atoms with Gasteiger partial charge in [-0.25, -0.2) is 4.39 Å². The molecule has 0 unspecified atom stereocenters. The number of nitrogens with one attached hydrogen (secondary N) is 1. The van der Waals surface area contributed by atoms with Gasteiger partial charge in [0.15, 0.2) is 0 Å². The average Bonchev–Trinajstić information content (AvgIpc) is 3.29. The van der Waals surface area contributed by atoms with Crippen molar-refractivity contribution in [3.8, 4) is 0 Å². The summed E-state index contributed by atoms with van der Waals surface area (Å²) in [5.74, 6) is -0.300. The maximum absolute atomic E-state index is 13.0. The van der Waals surface area contributed by atoms with Crippen molar-refractivity contribution in [1.29, 1.82) is 0 Å². The van der Waals surface area contributed by atoms with Crippen molar-refractivity contribution in [2.75, 3.05) is 6.54 Å². The molecule has 1 N–H and O–H groups in total. The quantitative estimate of drug-likeness (QED) is 0.643. The van der Waals surface area contributed by atoms with Crippen molar-refractivity contribution in [2.45, 2.75) is 18.3 Å². The number of amides is 1. The Kier molecular flexibility index (Phi) is 4.54. The van der Waals surface area contributed by atoms with Crippen molar-refractivity contribution in [3.63, 3.8) is 0 Å². The third-order valence-electron chi connectivity index (χ3n) is 4.07. The highest BCUT2D eigenvalue weighted by atomic mass is 127. The minimum atomic E-state index is -0.229. The lowest BCUT2D eigenvalue weighted by Gasteiger charge is -2.17. The summed E-state index contributed by atoms with van der Waals surface area (Å²) in [5, 5.41) is 3.02. The molecule has 3 rings (SSSR count). The Labute approximate surface area is 150 Å². The van der Waals surface area contributed by atoms with E-state index in [2.05, 4.69) is 43.8 Å². The Morgan fingerprint density at radius 3 is 2.55 bits per heavy atom. The molecule has 2 aromatic carbocycles.